The van der Waals surface area contributed by atoms with Gasteiger partial charge >= 0.3 is 0 Å². The van der Waals surface area contributed by atoms with Gasteiger partial charge in [-0.05, 0) is 61.6 Å². The highest BCUT2D eigenvalue weighted by Crippen LogP contribution is 2.39. The molecule has 2 saturated heterocycles. The highest BCUT2D eigenvalue weighted by Gasteiger charge is 2.34. The van der Waals surface area contributed by atoms with E-state index in [4.69, 9.17) is 21.1 Å². The van der Waals surface area contributed by atoms with Crippen LogP contribution in [0.15, 0.2) is 41.3 Å². The van der Waals surface area contributed by atoms with Crippen LogP contribution < -0.4 is 9.47 Å². The third-order valence-electron chi connectivity index (χ3n) is 6.33. The first kappa shape index (κ1) is 21.6. The van der Waals surface area contributed by atoms with Crippen LogP contribution in [0, 0.1) is 0 Å². The Balaban J connectivity index is 1.43. The molecule has 0 radical (unpaired) electrons. The minimum absolute atomic E-state index is 0.00185. The average molecular weight is 477 g/mol. The molecule has 9 heteroatoms. The molecule has 0 aromatic heterocycles. The van der Waals surface area contributed by atoms with E-state index in [0.29, 0.717) is 49.9 Å². The Labute approximate surface area is 192 Å². The van der Waals surface area contributed by atoms with Crippen LogP contribution in [0.1, 0.15) is 47.6 Å². The monoisotopic (exact) mass is 476 g/mol. The maximum Gasteiger partial charge on any atom is 0.254 e. The Morgan fingerprint density at radius 1 is 0.938 bits per heavy atom. The molecule has 0 aliphatic carbocycles. The van der Waals surface area contributed by atoms with Gasteiger partial charge in [-0.1, -0.05) is 17.7 Å². The fourth-order valence-corrected chi connectivity index (χ4v) is 6.71. The zero-order chi connectivity index (χ0) is 22.3. The molecule has 5 rings (SSSR count). The van der Waals surface area contributed by atoms with Gasteiger partial charge in [0.25, 0.3) is 5.91 Å². The molecule has 0 N–H and O–H groups in total. The van der Waals surface area contributed by atoms with Gasteiger partial charge in [0, 0.05) is 25.2 Å². The highest BCUT2D eigenvalue weighted by molar-refractivity contribution is 7.89. The smallest absolute Gasteiger partial charge is 0.254 e. The number of rotatable bonds is 4. The van der Waals surface area contributed by atoms with Crippen LogP contribution in [0.4, 0.5) is 0 Å². The maximum absolute atomic E-state index is 13.4. The van der Waals surface area contributed by atoms with Crippen molar-refractivity contribution >= 4 is 27.5 Å². The molecule has 170 valence electrons. The maximum atomic E-state index is 13.4. The topological polar surface area (TPSA) is 76.2 Å². The summed E-state index contributed by atoms with van der Waals surface area (Å²) in [4.78, 5) is 15.3. The zero-order valence-electron chi connectivity index (χ0n) is 17.6. The summed E-state index contributed by atoms with van der Waals surface area (Å²) in [5.41, 5.74) is 1.32. The predicted octanol–water partition coefficient (Wildman–Crippen LogP) is 3.87. The third-order valence-corrected chi connectivity index (χ3v) is 8.71. The van der Waals surface area contributed by atoms with Crippen molar-refractivity contribution in [2.75, 3.05) is 32.8 Å². The number of fused-ring (bicyclic) bond motifs is 1. The molecule has 0 unspecified atom stereocenters. The van der Waals surface area contributed by atoms with Crippen molar-refractivity contribution in [3.63, 3.8) is 0 Å². The van der Waals surface area contributed by atoms with Crippen molar-refractivity contribution in [1.82, 2.24) is 9.21 Å². The second-order valence-corrected chi connectivity index (χ2v) is 10.6. The minimum Gasteiger partial charge on any atom is -0.486 e. The first-order valence-corrected chi connectivity index (χ1v) is 12.8. The number of benzene rings is 2. The fraction of sp³-hybridized carbons (Fsp3) is 0.435. The number of hydrogen-bond acceptors (Lipinski definition) is 5. The van der Waals surface area contributed by atoms with E-state index in [0.717, 1.165) is 31.2 Å². The SMILES string of the molecule is O=C(c1ccc(Cl)c(S(=O)(=O)N2CCCC2)c1)N1CCC[C@@H]1c1ccc2c(c1)OCCO2. The van der Waals surface area contributed by atoms with E-state index in [-0.39, 0.29) is 21.9 Å². The van der Waals surface area contributed by atoms with Gasteiger partial charge in [-0.3, -0.25) is 4.79 Å². The van der Waals surface area contributed by atoms with Crippen molar-refractivity contribution in [1.29, 1.82) is 0 Å². The molecule has 32 heavy (non-hydrogen) atoms. The molecule has 0 spiro atoms. The summed E-state index contributed by atoms with van der Waals surface area (Å²) < 4.78 is 38.9. The van der Waals surface area contributed by atoms with Crippen molar-refractivity contribution < 1.29 is 22.7 Å². The van der Waals surface area contributed by atoms with E-state index < -0.39 is 10.0 Å². The Hall–Kier alpha value is -2.29. The van der Waals surface area contributed by atoms with Gasteiger partial charge < -0.3 is 14.4 Å². The van der Waals surface area contributed by atoms with Crippen LogP contribution in [0.25, 0.3) is 0 Å². The summed E-state index contributed by atoms with van der Waals surface area (Å²) >= 11 is 6.26. The summed E-state index contributed by atoms with van der Waals surface area (Å²) in [6.07, 6.45) is 3.37. The molecule has 0 saturated carbocycles. The molecule has 0 bridgehead atoms. The molecule has 2 aromatic carbocycles. The number of halogens is 1. The number of nitrogens with zero attached hydrogens (tertiary/aromatic N) is 2. The molecule has 3 heterocycles. The second-order valence-electron chi connectivity index (χ2n) is 8.32. The first-order chi connectivity index (χ1) is 15.4. The molecule has 3 aliphatic heterocycles. The zero-order valence-corrected chi connectivity index (χ0v) is 19.2. The van der Waals surface area contributed by atoms with Crippen molar-refractivity contribution in [2.45, 2.75) is 36.6 Å². The number of hydrogen-bond donors (Lipinski definition) is 0. The Bertz CT molecular complexity index is 1150. The van der Waals surface area contributed by atoms with E-state index in [1.165, 1.54) is 16.4 Å². The van der Waals surface area contributed by atoms with E-state index in [2.05, 4.69) is 0 Å². The van der Waals surface area contributed by atoms with Crippen LogP contribution in [0.2, 0.25) is 5.02 Å². The summed E-state index contributed by atoms with van der Waals surface area (Å²) in [5, 5.41) is 0.137. The highest BCUT2D eigenvalue weighted by atomic mass is 35.5. The number of sulfonamides is 1. The van der Waals surface area contributed by atoms with Gasteiger partial charge in [0.05, 0.1) is 11.1 Å². The molecule has 2 aromatic rings. The van der Waals surface area contributed by atoms with E-state index >= 15 is 0 Å². The van der Waals surface area contributed by atoms with Gasteiger partial charge in [0.2, 0.25) is 10.0 Å². The second kappa shape index (κ2) is 8.57. The van der Waals surface area contributed by atoms with Crippen molar-refractivity contribution in [3.8, 4) is 11.5 Å². The normalized spacial score (nSPS) is 21.2. The van der Waals surface area contributed by atoms with Gasteiger partial charge in [-0.25, -0.2) is 8.42 Å². The lowest BCUT2D eigenvalue weighted by molar-refractivity contribution is 0.0735. The van der Waals surface area contributed by atoms with Crippen LogP contribution in [-0.4, -0.2) is 56.4 Å². The molecule has 1 atom stereocenters. The molecular weight excluding hydrogens is 452 g/mol. The summed E-state index contributed by atoms with van der Waals surface area (Å²) in [7, 11) is -3.72. The van der Waals surface area contributed by atoms with Gasteiger partial charge in [-0.15, -0.1) is 0 Å². The standard InChI is InChI=1S/C23H25ClN2O5S/c24-18-7-5-17(15-22(18)32(28,29)25-9-1-2-10-25)23(27)26-11-3-4-19(26)16-6-8-20-21(14-16)31-13-12-30-20/h5-8,14-15,19H,1-4,9-13H2/t19-/m1/s1. The van der Waals surface area contributed by atoms with Gasteiger partial charge in [0.15, 0.2) is 11.5 Å². The Morgan fingerprint density at radius 3 is 2.47 bits per heavy atom. The van der Waals surface area contributed by atoms with Gasteiger partial charge in [0.1, 0.15) is 18.1 Å². The summed E-state index contributed by atoms with van der Waals surface area (Å²) in [5.74, 6) is 1.21. The number of carbonyl (C=O) groups is 1. The van der Waals surface area contributed by atoms with E-state index in [1.54, 1.807) is 11.0 Å². The summed E-state index contributed by atoms with van der Waals surface area (Å²) in [6.45, 7) is 2.60. The molecule has 1 amide bonds. The van der Waals surface area contributed by atoms with Crippen molar-refractivity contribution in [3.05, 3.63) is 52.5 Å². The van der Waals surface area contributed by atoms with E-state index in [1.807, 2.05) is 18.2 Å². The third kappa shape index (κ3) is 3.84. The lowest BCUT2D eigenvalue weighted by Gasteiger charge is -2.27. The largest absolute Gasteiger partial charge is 0.486 e. The van der Waals surface area contributed by atoms with Gasteiger partial charge in [-0.2, -0.15) is 4.31 Å². The predicted molar refractivity (Wildman–Crippen MR) is 120 cm³/mol. The quantitative estimate of drug-likeness (QED) is 0.669. The van der Waals surface area contributed by atoms with Crippen LogP contribution in [0.5, 0.6) is 11.5 Å². The number of likely N-dealkylation sites (tertiary alicyclic amines) is 1. The Kier molecular flexibility index (Phi) is 5.77. The number of ether oxygens (including phenoxy) is 2. The molecule has 7 nitrogen and oxygen atoms in total. The van der Waals surface area contributed by atoms with Crippen LogP contribution in [-0.2, 0) is 10.0 Å². The number of carbonyl (C=O) groups excluding carboxylic acids is 1. The number of amides is 1. The van der Waals surface area contributed by atoms with E-state index in [9.17, 15) is 13.2 Å². The average Bonchev–Trinajstić information content (AvgIpc) is 3.51. The molecule has 2 fully saturated rings. The molecular formula is C23H25ClN2O5S. The van der Waals surface area contributed by atoms with Crippen molar-refractivity contribution in [2.24, 2.45) is 0 Å². The molecule has 3 aliphatic rings. The summed E-state index contributed by atoms with van der Waals surface area (Å²) in [6, 6.07) is 10.2. The fourth-order valence-electron chi connectivity index (χ4n) is 4.69. The lowest BCUT2D eigenvalue weighted by Crippen LogP contribution is -2.31. The van der Waals surface area contributed by atoms with Crippen LogP contribution in [0.3, 0.4) is 0 Å². The Morgan fingerprint density at radius 2 is 1.69 bits per heavy atom. The van der Waals surface area contributed by atoms with Crippen LogP contribution >= 0.6 is 11.6 Å². The minimum atomic E-state index is -3.72. The lowest BCUT2D eigenvalue weighted by atomic mass is 10.0. The first-order valence-electron chi connectivity index (χ1n) is 11.0.